The van der Waals surface area contributed by atoms with Crippen molar-refractivity contribution in [2.75, 3.05) is 6.54 Å². The Hall–Kier alpha value is -1.07. The lowest BCUT2D eigenvalue weighted by Crippen LogP contribution is -2.39. The van der Waals surface area contributed by atoms with Crippen LogP contribution in [0.5, 0.6) is 5.75 Å². The van der Waals surface area contributed by atoms with Gasteiger partial charge >= 0.3 is 0 Å². The van der Waals surface area contributed by atoms with E-state index in [0.29, 0.717) is 12.5 Å². The number of nitrogens with zero attached hydrogens (tertiary/aromatic N) is 1. The third-order valence-corrected chi connectivity index (χ3v) is 6.54. The van der Waals surface area contributed by atoms with Crippen LogP contribution in [0, 0.1) is 5.92 Å². The first-order valence-electron chi connectivity index (χ1n) is 7.40. The number of phenols is 1. The van der Waals surface area contributed by atoms with Gasteiger partial charge in [-0.3, -0.25) is 0 Å². The number of hydrogen-bond acceptors (Lipinski definition) is 3. The Kier molecular flexibility index (Phi) is 3.73. The summed E-state index contributed by atoms with van der Waals surface area (Å²) < 4.78 is 27.2. The highest BCUT2D eigenvalue weighted by Gasteiger charge is 2.40. The van der Waals surface area contributed by atoms with E-state index in [-0.39, 0.29) is 16.7 Å². The summed E-state index contributed by atoms with van der Waals surface area (Å²) in [6, 6.07) is 6.16. The Labute approximate surface area is 120 Å². The summed E-state index contributed by atoms with van der Waals surface area (Å²) >= 11 is 0. The van der Waals surface area contributed by atoms with Crippen LogP contribution in [0.15, 0.2) is 29.2 Å². The van der Waals surface area contributed by atoms with Crippen molar-refractivity contribution in [1.29, 1.82) is 0 Å². The number of benzene rings is 1. The summed E-state index contributed by atoms with van der Waals surface area (Å²) in [5, 5.41) is 9.51. The normalized spacial score (nSPS) is 25.3. The van der Waals surface area contributed by atoms with Crippen molar-refractivity contribution in [2.24, 2.45) is 5.92 Å². The van der Waals surface area contributed by atoms with Crippen LogP contribution in [0.25, 0.3) is 0 Å². The van der Waals surface area contributed by atoms with E-state index in [0.717, 1.165) is 25.7 Å². The van der Waals surface area contributed by atoms with E-state index in [1.165, 1.54) is 25.0 Å². The highest BCUT2D eigenvalue weighted by Crippen LogP contribution is 2.38. The molecule has 1 aliphatic heterocycles. The number of sulfonamides is 1. The maximum absolute atomic E-state index is 12.8. The van der Waals surface area contributed by atoms with Crippen LogP contribution < -0.4 is 0 Å². The van der Waals surface area contributed by atoms with Crippen LogP contribution in [0.2, 0.25) is 0 Å². The molecule has 0 aromatic heterocycles. The molecule has 1 aromatic rings. The quantitative estimate of drug-likeness (QED) is 0.933. The van der Waals surface area contributed by atoms with Crippen molar-refractivity contribution < 1.29 is 13.5 Å². The standard InChI is InChI=1S/C15H21NO3S/c17-13-7-3-8-14(11-13)20(18,19)16-10-4-9-15(16)12-5-1-2-6-12/h3,7-8,11-12,15,17H,1-2,4-6,9-10H2. The van der Waals surface area contributed by atoms with E-state index in [1.54, 1.807) is 16.4 Å². The van der Waals surface area contributed by atoms with Crippen molar-refractivity contribution in [1.82, 2.24) is 4.31 Å². The van der Waals surface area contributed by atoms with Gasteiger partial charge < -0.3 is 5.11 Å². The van der Waals surface area contributed by atoms with Gasteiger partial charge in [0.2, 0.25) is 10.0 Å². The van der Waals surface area contributed by atoms with E-state index in [2.05, 4.69) is 0 Å². The maximum atomic E-state index is 12.8. The third kappa shape index (κ3) is 2.44. The van der Waals surface area contributed by atoms with Gasteiger partial charge in [0, 0.05) is 12.6 Å². The van der Waals surface area contributed by atoms with E-state index in [1.807, 2.05) is 0 Å². The largest absolute Gasteiger partial charge is 0.508 e. The number of phenolic OH excluding ortho intramolecular Hbond substituents is 1. The molecule has 0 bridgehead atoms. The zero-order valence-electron chi connectivity index (χ0n) is 11.5. The molecule has 0 amide bonds. The van der Waals surface area contributed by atoms with Crippen molar-refractivity contribution in [2.45, 2.75) is 49.5 Å². The molecule has 2 fully saturated rings. The molecule has 0 radical (unpaired) electrons. The van der Waals surface area contributed by atoms with Crippen molar-refractivity contribution in [3.63, 3.8) is 0 Å². The van der Waals surface area contributed by atoms with Crippen LogP contribution in [0.3, 0.4) is 0 Å². The molecule has 1 saturated carbocycles. The zero-order chi connectivity index (χ0) is 14.2. The maximum Gasteiger partial charge on any atom is 0.243 e. The minimum absolute atomic E-state index is 0.00249. The van der Waals surface area contributed by atoms with Gasteiger partial charge in [0.15, 0.2) is 0 Å². The fraction of sp³-hybridized carbons (Fsp3) is 0.600. The van der Waals surface area contributed by atoms with E-state index >= 15 is 0 Å². The molecule has 1 unspecified atom stereocenters. The molecule has 1 aromatic carbocycles. The minimum atomic E-state index is -3.47. The smallest absolute Gasteiger partial charge is 0.243 e. The number of rotatable bonds is 3. The van der Waals surface area contributed by atoms with Crippen LogP contribution in [-0.4, -0.2) is 30.4 Å². The van der Waals surface area contributed by atoms with Crippen molar-refractivity contribution >= 4 is 10.0 Å². The van der Waals surface area contributed by atoms with Crippen LogP contribution in [0.1, 0.15) is 38.5 Å². The number of hydrogen-bond donors (Lipinski definition) is 1. The average molecular weight is 295 g/mol. The highest BCUT2D eigenvalue weighted by atomic mass is 32.2. The second kappa shape index (κ2) is 5.37. The second-order valence-electron chi connectivity index (χ2n) is 5.87. The second-order valence-corrected chi connectivity index (χ2v) is 7.76. The fourth-order valence-corrected chi connectivity index (χ4v) is 5.45. The van der Waals surface area contributed by atoms with E-state index in [4.69, 9.17) is 0 Å². The van der Waals surface area contributed by atoms with Crippen molar-refractivity contribution in [3.8, 4) is 5.75 Å². The van der Waals surface area contributed by atoms with Gasteiger partial charge in [-0.15, -0.1) is 0 Å². The Morgan fingerprint density at radius 1 is 1.10 bits per heavy atom. The van der Waals surface area contributed by atoms with Gasteiger partial charge in [0.25, 0.3) is 0 Å². The van der Waals surface area contributed by atoms with Gasteiger partial charge in [0.1, 0.15) is 5.75 Å². The fourth-order valence-electron chi connectivity index (χ4n) is 3.66. The first-order valence-corrected chi connectivity index (χ1v) is 8.84. The molecular weight excluding hydrogens is 274 g/mol. The van der Waals surface area contributed by atoms with Crippen LogP contribution in [-0.2, 0) is 10.0 Å². The lowest BCUT2D eigenvalue weighted by molar-refractivity contribution is 0.288. The third-order valence-electron chi connectivity index (χ3n) is 4.62. The summed E-state index contributed by atoms with van der Waals surface area (Å²) in [6.45, 7) is 0.610. The van der Waals surface area contributed by atoms with Gasteiger partial charge in [-0.2, -0.15) is 4.31 Å². The monoisotopic (exact) mass is 295 g/mol. The van der Waals surface area contributed by atoms with Crippen LogP contribution in [0.4, 0.5) is 0 Å². The molecule has 1 N–H and O–H groups in total. The van der Waals surface area contributed by atoms with Gasteiger partial charge in [0.05, 0.1) is 4.90 Å². The molecule has 110 valence electrons. The Bertz CT molecular complexity index is 579. The predicted molar refractivity (Wildman–Crippen MR) is 77.0 cm³/mol. The molecule has 1 saturated heterocycles. The highest BCUT2D eigenvalue weighted by molar-refractivity contribution is 7.89. The van der Waals surface area contributed by atoms with Gasteiger partial charge in [-0.05, 0) is 49.8 Å². The lowest BCUT2D eigenvalue weighted by Gasteiger charge is -2.28. The summed E-state index contributed by atoms with van der Waals surface area (Å²) in [5.41, 5.74) is 0. The minimum Gasteiger partial charge on any atom is -0.508 e. The molecule has 0 spiro atoms. The molecular formula is C15H21NO3S. The van der Waals surface area contributed by atoms with Gasteiger partial charge in [-0.1, -0.05) is 18.9 Å². The Balaban J connectivity index is 1.89. The van der Waals surface area contributed by atoms with Crippen molar-refractivity contribution in [3.05, 3.63) is 24.3 Å². The average Bonchev–Trinajstić information content (AvgIpc) is 3.09. The SMILES string of the molecule is O=S(=O)(c1cccc(O)c1)N1CCCC1C1CCCC1. The van der Waals surface area contributed by atoms with E-state index < -0.39 is 10.0 Å². The molecule has 5 heteroatoms. The Morgan fingerprint density at radius 3 is 2.55 bits per heavy atom. The van der Waals surface area contributed by atoms with E-state index in [9.17, 15) is 13.5 Å². The summed E-state index contributed by atoms with van der Waals surface area (Å²) in [7, 11) is -3.47. The Morgan fingerprint density at radius 2 is 1.85 bits per heavy atom. The van der Waals surface area contributed by atoms with Gasteiger partial charge in [-0.25, -0.2) is 8.42 Å². The molecule has 1 aliphatic carbocycles. The topological polar surface area (TPSA) is 57.6 Å². The van der Waals surface area contributed by atoms with Crippen LogP contribution >= 0.6 is 0 Å². The summed E-state index contributed by atoms with van der Waals surface area (Å²) in [4.78, 5) is 0.211. The number of aromatic hydroxyl groups is 1. The molecule has 20 heavy (non-hydrogen) atoms. The predicted octanol–water partition coefficient (Wildman–Crippen LogP) is 2.74. The first-order chi connectivity index (χ1) is 9.59. The molecule has 1 atom stereocenters. The summed E-state index contributed by atoms with van der Waals surface area (Å²) in [6.07, 6.45) is 6.66. The molecule has 1 heterocycles. The molecule has 3 rings (SSSR count). The summed E-state index contributed by atoms with van der Waals surface area (Å²) in [5.74, 6) is 0.521. The lowest BCUT2D eigenvalue weighted by atomic mass is 9.97. The zero-order valence-corrected chi connectivity index (χ0v) is 12.3. The molecule has 2 aliphatic rings. The molecule has 4 nitrogen and oxygen atoms in total. The first kappa shape index (κ1) is 13.9.